The molecular weight excluding hydrogens is 300 g/mol. The number of nitrogens with zero attached hydrogens (tertiary/aromatic N) is 1. The molecular formula is C17H19ClN2S. The van der Waals surface area contributed by atoms with Crippen molar-refractivity contribution in [3.8, 4) is 0 Å². The number of hydrogen-bond donors (Lipinski definition) is 1. The molecule has 0 aliphatic heterocycles. The fourth-order valence-corrected chi connectivity index (χ4v) is 3.65. The number of nitrogens with one attached hydrogen (secondary N) is 1. The normalized spacial score (nSPS) is 12.9. The fourth-order valence-electron chi connectivity index (χ4n) is 2.57. The smallest absolute Gasteiger partial charge is 0.0931 e. The monoisotopic (exact) mass is 318 g/mol. The van der Waals surface area contributed by atoms with Gasteiger partial charge in [-0.2, -0.15) is 0 Å². The van der Waals surface area contributed by atoms with E-state index in [1.165, 1.54) is 15.8 Å². The van der Waals surface area contributed by atoms with E-state index in [1.54, 1.807) is 11.3 Å². The second-order valence-electron chi connectivity index (χ2n) is 5.24. The van der Waals surface area contributed by atoms with E-state index in [0.717, 1.165) is 23.8 Å². The van der Waals surface area contributed by atoms with Crippen LogP contribution >= 0.6 is 22.9 Å². The lowest BCUT2D eigenvalue weighted by Gasteiger charge is -2.12. The van der Waals surface area contributed by atoms with E-state index in [4.69, 9.17) is 11.6 Å². The van der Waals surface area contributed by atoms with Crippen LogP contribution in [-0.2, 0) is 6.54 Å². The summed E-state index contributed by atoms with van der Waals surface area (Å²) in [5.41, 5.74) is 1.32. The van der Waals surface area contributed by atoms with Crippen LogP contribution in [0.4, 0.5) is 0 Å². The summed E-state index contributed by atoms with van der Waals surface area (Å²) in [7, 11) is 0. The van der Waals surface area contributed by atoms with Crippen molar-refractivity contribution in [2.75, 3.05) is 6.54 Å². The van der Waals surface area contributed by atoms with Gasteiger partial charge in [0.05, 0.1) is 4.34 Å². The number of hydrogen-bond acceptors (Lipinski definition) is 2. The van der Waals surface area contributed by atoms with Crippen LogP contribution in [0.1, 0.15) is 24.3 Å². The number of fused-ring (bicyclic) bond motifs is 1. The van der Waals surface area contributed by atoms with Gasteiger partial charge in [-0.25, -0.2) is 0 Å². The Morgan fingerprint density at radius 2 is 2.05 bits per heavy atom. The number of para-hydroxylation sites is 1. The van der Waals surface area contributed by atoms with E-state index < -0.39 is 0 Å². The third-order valence-electron chi connectivity index (χ3n) is 3.73. The molecule has 1 atom stereocenters. The second-order valence-corrected chi connectivity index (χ2v) is 6.99. The van der Waals surface area contributed by atoms with Gasteiger partial charge in [-0.15, -0.1) is 11.3 Å². The van der Waals surface area contributed by atoms with Crippen molar-refractivity contribution in [2.45, 2.75) is 25.9 Å². The molecule has 0 fully saturated rings. The van der Waals surface area contributed by atoms with Gasteiger partial charge in [0.25, 0.3) is 0 Å². The van der Waals surface area contributed by atoms with Crippen molar-refractivity contribution in [1.29, 1.82) is 0 Å². The van der Waals surface area contributed by atoms with Crippen LogP contribution in [0.25, 0.3) is 10.9 Å². The molecule has 1 aromatic carbocycles. The summed E-state index contributed by atoms with van der Waals surface area (Å²) in [6.45, 7) is 4.23. The van der Waals surface area contributed by atoms with E-state index in [2.05, 4.69) is 59.4 Å². The summed E-state index contributed by atoms with van der Waals surface area (Å²) < 4.78 is 3.18. The van der Waals surface area contributed by atoms with Gasteiger partial charge in [-0.3, -0.25) is 0 Å². The summed E-state index contributed by atoms with van der Waals surface area (Å²) in [6, 6.07) is 15.1. The zero-order valence-corrected chi connectivity index (χ0v) is 13.6. The fraction of sp³-hybridized carbons (Fsp3) is 0.294. The summed E-state index contributed by atoms with van der Waals surface area (Å²) in [5, 5.41) is 4.87. The lowest BCUT2D eigenvalue weighted by Crippen LogP contribution is -2.20. The Hall–Kier alpha value is -1.29. The van der Waals surface area contributed by atoms with Crippen LogP contribution in [0.15, 0.2) is 48.7 Å². The molecule has 0 aliphatic rings. The highest BCUT2D eigenvalue weighted by Gasteiger charge is 2.07. The zero-order chi connectivity index (χ0) is 14.7. The maximum atomic E-state index is 5.98. The molecule has 0 saturated carbocycles. The third kappa shape index (κ3) is 3.49. The molecule has 0 amide bonds. The SMILES string of the molecule is CC(NCCCn1ccc2ccccc21)c1ccc(Cl)s1. The molecule has 4 heteroatoms. The number of benzene rings is 1. The molecule has 110 valence electrons. The van der Waals surface area contributed by atoms with Gasteiger partial charge in [0, 0.05) is 29.2 Å². The van der Waals surface area contributed by atoms with E-state index in [1.807, 2.05) is 6.07 Å². The minimum absolute atomic E-state index is 0.365. The van der Waals surface area contributed by atoms with Crippen LogP contribution in [0.3, 0.4) is 0 Å². The van der Waals surface area contributed by atoms with E-state index in [0.29, 0.717) is 6.04 Å². The van der Waals surface area contributed by atoms with Crippen molar-refractivity contribution >= 4 is 33.8 Å². The Morgan fingerprint density at radius 3 is 2.86 bits per heavy atom. The quantitative estimate of drug-likeness (QED) is 0.626. The standard InChI is InChI=1S/C17H19ClN2S/c1-13(16-7-8-17(18)21-16)19-10-4-11-20-12-9-14-5-2-3-6-15(14)20/h2-3,5-9,12-13,19H,4,10-11H2,1H3. The van der Waals surface area contributed by atoms with Crippen molar-refractivity contribution in [3.63, 3.8) is 0 Å². The number of halogens is 1. The largest absolute Gasteiger partial charge is 0.347 e. The number of thiophene rings is 1. The van der Waals surface area contributed by atoms with E-state index in [-0.39, 0.29) is 0 Å². The Kier molecular flexibility index (Phi) is 4.63. The van der Waals surface area contributed by atoms with E-state index >= 15 is 0 Å². The average molecular weight is 319 g/mol. The first-order valence-corrected chi connectivity index (χ1v) is 8.46. The van der Waals surface area contributed by atoms with Gasteiger partial charge in [0.2, 0.25) is 0 Å². The molecule has 2 nitrogen and oxygen atoms in total. The minimum atomic E-state index is 0.365. The topological polar surface area (TPSA) is 17.0 Å². The first-order valence-electron chi connectivity index (χ1n) is 7.26. The summed E-state index contributed by atoms with van der Waals surface area (Å²) in [4.78, 5) is 1.30. The van der Waals surface area contributed by atoms with Gasteiger partial charge in [-0.05, 0) is 49.5 Å². The Bertz CT molecular complexity index is 716. The first kappa shape index (κ1) is 14.6. The molecule has 0 radical (unpaired) electrons. The van der Waals surface area contributed by atoms with Gasteiger partial charge in [0.1, 0.15) is 0 Å². The third-order valence-corrected chi connectivity index (χ3v) is 5.14. The Labute approximate surface area is 134 Å². The number of aryl methyl sites for hydroxylation is 1. The zero-order valence-electron chi connectivity index (χ0n) is 12.1. The van der Waals surface area contributed by atoms with Gasteiger partial charge in [0.15, 0.2) is 0 Å². The first-order chi connectivity index (χ1) is 10.2. The summed E-state index contributed by atoms with van der Waals surface area (Å²) in [6.07, 6.45) is 3.29. The van der Waals surface area contributed by atoms with Crippen molar-refractivity contribution in [3.05, 3.63) is 57.9 Å². The molecule has 0 saturated heterocycles. The lowest BCUT2D eigenvalue weighted by atomic mass is 10.2. The molecule has 3 rings (SSSR count). The van der Waals surface area contributed by atoms with Gasteiger partial charge < -0.3 is 9.88 Å². The van der Waals surface area contributed by atoms with E-state index in [9.17, 15) is 0 Å². The highest BCUT2D eigenvalue weighted by molar-refractivity contribution is 7.16. The van der Waals surface area contributed by atoms with Crippen LogP contribution in [0.5, 0.6) is 0 Å². The molecule has 3 aromatic rings. The second kappa shape index (κ2) is 6.65. The van der Waals surface area contributed by atoms with Crippen LogP contribution < -0.4 is 5.32 Å². The average Bonchev–Trinajstić information content (AvgIpc) is 3.10. The predicted molar refractivity (Wildman–Crippen MR) is 92.3 cm³/mol. The maximum absolute atomic E-state index is 5.98. The van der Waals surface area contributed by atoms with Gasteiger partial charge >= 0.3 is 0 Å². The molecule has 0 aliphatic carbocycles. The summed E-state index contributed by atoms with van der Waals surface area (Å²) >= 11 is 7.63. The predicted octanol–water partition coefficient (Wildman–Crippen LogP) is 5.10. The highest BCUT2D eigenvalue weighted by atomic mass is 35.5. The molecule has 0 spiro atoms. The maximum Gasteiger partial charge on any atom is 0.0931 e. The Balaban J connectivity index is 1.50. The van der Waals surface area contributed by atoms with Crippen molar-refractivity contribution in [2.24, 2.45) is 0 Å². The van der Waals surface area contributed by atoms with Crippen molar-refractivity contribution in [1.82, 2.24) is 9.88 Å². The van der Waals surface area contributed by atoms with Crippen LogP contribution in [0.2, 0.25) is 4.34 Å². The lowest BCUT2D eigenvalue weighted by molar-refractivity contribution is 0.536. The summed E-state index contributed by atoms with van der Waals surface area (Å²) in [5.74, 6) is 0. The molecule has 1 unspecified atom stereocenters. The van der Waals surface area contributed by atoms with Crippen molar-refractivity contribution < 1.29 is 0 Å². The Morgan fingerprint density at radius 1 is 1.19 bits per heavy atom. The highest BCUT2D eigenvalue weighted by Crippen LogP contribution is 2.26. The number of aromatic nitrogens is 1. The molecule has 21 heavy (non-hydrogen) atoms. The molecule has 2 heterocycles. The van der Waals surface area contributed by atoms with Crippen LogP contribution in [-0.4, -0.2) is 11.1 Å². The minimum Gasteiger partial charge on any atom is -0.347 e. The molecule has 1 N–H and O–H groups in total. The molecule has 0 bridgehead atoms. The number of rotatable bonds is 6. The van der Waals surface area contributed by atoms with Crippen LogP contribution in [0, 0.1) is 0 Å². The molecule has 2 aromatic heterocycles. The van der Waals surface area contributed by atoms with Gasteiger partial charge in [-0.1, -0.05) is 29.8 Å².